The van der Waals surface area contributed by atoms with Gasteiger partial charge < -0.3 is 4.98 Å². The predicted molar refractivity (Wildman–Crippen MR) is 81.1 cm³/mol. The standard InChI is InChI=1S/C15H18ClN3O/c16-11-5-6-12-13(9-11)17-14(18-15(12)20)10-19-7-3-1-2-4-8-19/h5-6,9H,1-4,7-8,10H2,(H,17,18,20). The Morgan fingerprint density at radius 3 is 2.70 bits per heavy atom. The molecule has 0 saturated carbocycles. The number of H-pyrrole nitrogens is 1. The van der Waals surface area contributed by atoms with Crippen LogP contribution in [-0.2, 0) is 6.54 Å². The van der Waals surface area contributed by atoms with Gasteiger partial charge in [-0.05, 0) is 44.1 Å². The highest BCUT2D eigenvalue weighted by Gasteiger charge is 2.12. The third kappa shape index (κ3) is 3.02. The molecule has 0 spiro atoms. The van der Waals surface area contributed by atoms with Gasteiger partial charge >= 0.3 is 0 Å². The molecular weight excluding hydrogens is 274 g/mol. The second kappa shape index (κ2) is 5.94. The second-order valence-electron chi connectivity index (χ2n) is 5.36. The normalized spacial score (nSPS) is 17.2. The van der Waals surface area contributed by atoms with Crippen molar-refractivity contribution in [1.29, 1.82) is 0 Å². The van der Waals surface area contributed by atoms with Gasteiger partial charge in [0.05, 0.1) is 17.4 Å². The molecule has 2 heterocycles. The summed E-state index contributed by atoms with van der Waals surface area (Å²) >= 11 is 5.97. The number of hydrogen-bond donors (Lipinski definition) is 1. The molecule has 5 heteroatoms. The van der Waals surface area contributed by atoms with Crippen LogP contribution in [0.1, 0.15) is 31.5 Å². The Hall–Kier alpha value is -1.39. The summed E-state index contributed by atoms with van der Waals surface area (Å²) in [7, 11) is 0. The first-order chi connectivity index (χ1) is 9.72. The van der Waals surface area contributed by atoms with Crippen molar-refractivity contribution in [3.63, 3.8) is 0 Å². The Balaban J connectivity index is 1.89. The largest absolute Gasteiger partial charge is 0.309 e. The Labute approximate surface area is 122 Å². The highest BCUT2D eigenvalue weighted by Crippen LogP contribution is 2.16. The number of likely N-dealkylation sites (tertiary alicyclic amines) is 1. The first kappa shape index (κ1) is 13.6. The van der Waals surface area contributed by atoms with E-state index >= 15 is 0 Å². The van der Waals surface area contributed by atoms with Gasteiger partial charge in [-0.3, -0.25) is 9.69 Å². The lowest BCUT2D eigenvalue weighted by Gasteiger charge is -2.18. The minimum absolute atomic E-state index is 0.0866. The minimum atomic E-state index is -0.0866. The summed E-state index contributed by atoms with van der Waals surface area (Å²) < 4.78 is 0. The van der Waals surface area contributed by atoms with Gasteiger partial charge in [-0.1, -0.05) is 24.4 Å². The third-order valence-electron chi connectivity index (χ3n) is 3.79. The molecule has 0 atom stereocenters. The van der Waals surface area contributed by atoms with Gasteiger partial charge in [-0.15, -0.1) is 0 Å². The molecule has 1 aromatic heterocycles. The number of hydrogen-bond acceptors (Lipinski definition) is 3. The van der Waals surface area contributed by atoms with Gasteiger partial charge in [0.2, 0.25) is 0 Å². The maximum Gasteiger partial charge on any atom is 0.258 e. The van der Waals surface area contributed by atoms with Crippen LogP contribution in [0.2, 0.25) is 5.02 Å². The van der Waals surface area contributed by atoms with Crippen LogP contribution in [0, 0.1) is 0 Å². The molecule has 1 aliphatic rings. The zero-order chi connectivity index (χ0) is 13.9. The molecule has 0 unspecified atom stereocenters. The average Bonchev–Trinajstić information content (AvgIpc) is 2.67. The molecule has 1 saturated heterocycles. The highest BCUT2D eigenvalue weighted by atomic mass is 35.5. The number of fused-ring (bicyclic) bond motifs is 1. The summed E-state index contributed by atoms with van der Waals surface area (Å²) in [6, 6.07) is 5.19. The van der Waals surface area contributed by atoms with Crippen molar-refractivity contribution in [2.45, 2.75) is 32.2 Å². The molecule has 2 aromatic rings. The van der Waals surface area contributed by atoms with Crippen molar-refractivity contribution >= 4 is 22.5 Å². The molecule has 20 heavy (non-hydrogen) atoms. The lowest BCUT2D eigenvalue weighted by atomic mass is 10.2. The number of rotatable bonds is 2. The first-order valence-corrected chi connectivity index (χ1v) is 7.51. The fraction of sp³-hybridized carbons (Fsp3) is 0.467. The van der Waals surface area contributed by atoms with Crippen LogP contribution >= 0.6 is 11.6 Å². The van der Waals surface area contributed by atoms with Crippen LogP contribution in [-0.4, -0.2) is 28.0 Å². The molecule has 106 valence electrons. The SMILES string of the molecule is O=c1[nH]c(CN2CCCCCC2)nc2cc(Cl)ccc12. The Kier molecular flexibility index (Phi) is 4.03. The van der Waals surface area contributed by atoms with E-state index in [0.717, 1.165) is 18.9 Å². The molecule has 0 aliphatic carbocycles. The van der Waals surface area contributed by atoms with E-state index in [1.807, 2.05) is 0 Å². The lowest BCUT2D eigenvalue weighted by molar-refractivity contribution is 0.270. The van der Waals surface area contributed by atoms with Crippen LogP contribution in [0.5, 0.6) is 0 Å². The van der Waals surface area contributed by atoms with Gasteiger partial charge in [-0.25, -0.2) is 4.98 Å². The van der Waals surface area contributed by atoms with Crippen molar-refractivity contribution in [2.24, 2.45) is 0 Å². The van der Waals surface area contributed by atoms with Crippen molar-refractivity contribution in [3.8, 4) is 0 Å². The topological polar surface area (TPSA) is 49.0 Å². The lowest BCUT2D eigenvalue weighted by Crippen LogP contribution is -2.26. The number of benzene rings is 1. The van der Waals surface area contributed by atoms with Gasteiger partial charge in [0, 0.05) is 5.02 Å². The van der Waals surface area contributed by atoms with Crippen molar-refractivity contribution in [1.82, 2.24) is 14.9 Å². The summed E-state index contributed by atoms with van der Waals surface area (Å²) in [5.74, 6) is 0.728. The Bertz CT molecular complexity index is 660. The Morgan fingerprint density at radius 1 is 1.20 bits per heavy atom. The summed E-state index contributed by atoms with van der Waals surface area (Å²) in [5.41, 5.74) is 0.586. The maximum atomic E-state index is 12.1. The summed E-state index contributed by atoms with van der Waals surface area (Å²) in [6.07, 6.45) is 5.05. The molecule has 1 aliphatic heterocycles. The molecule has 1 aromatic carbocycles. The Morgan fingerprint density at radius 2 is 1.95 bits per heavy atom. The van der Waals surface area contributed by atoms with E-state index in [9.17, 15) is 4.79 Å². The van der Waals surface area contributed by atoms with E-state index in [2.05, 4.69) is 14.9 Å². The predicted octanol–water partition coefficient (Wildman–Crippen LogP) is 2.95. The fourth-order valence-corrected chi connectivity index (χ4v) is 2.91. The smallest absolute Gasteiger partial charge is 0.258 e. The quantitative estimate of drug-likeness (QED) is 0.925. The molecule has 4 nitrogen and oxygen atoms in total. The van der Waals surface area contributed by atoms with Gasteiger partial charge in [0.15, 0.2) is 0 Å². The van der Waals surface area contributed by atoms with Gasteiger partial charge in [-0.2, -0.15) is 0 Å². The van der Waals surface area contributed by atoms with Crippen molar-refractivity contribution in [2.75, 3.05) is 13.1 Å². The minimum Gasteiger partial charge on any atom is -0.309 e. The summed E-state index contributed by atoms with van der Waals surface area (Å²) in [5, 5.41) is 1.20. The molecule has 1 fully saturated rings. The second-order valence-corrected chi connectivity index (χ2v) is 5.80. The van der Waals surface area contributed by atoms with E-state index in [1.165, 1.54) is 25.7 Å². The first-order valence-electron chi connectivity index (χ1n) is 7.13. The van der Waals surface area contributed by atoms with Crippen molar-refractivity contribution < 1.29 is 0 Å². The van der Waals surface area contributed by atoms with E-state index in [4.69, 9.17) is 11.6 Å². The number of aromatic nitrogens is 2. The molecule has 0 amide bonds. The zero-order valence-corrected chi connectivity index (χ0v) is 12.1. The average molecular weight is 292 g/mol. The van der Waals surface area contributed by atoms with Crippen LogP contribution < -0.4 is 5.56 Å². The molecule has 0 bridgehead atoms. The number of nitrogens with one attached hydrogen (secondary N) is 1. The third-order valence-corrected chi connectivity index (χ3v) is 4.02. The van der Waals surface area contributed by atoms with Crippen LogP contribution in [0.4, 0.5) is 0 Å². The zero-order valence-electron chi connectivity index (χ0n) is 11.4. The van der Waals surface area contributed by atoms with E-state index in [0.29, 0.717) is 22.5 Å². The monoisotopic (exact) mass is 291 g/mol. The molecule has 0 radical (unpaired) electrons. The summed E-state index contributed by atoms with van der Waals surface area (Å²) in [4.78, 5) is 21.9. The van der Waals surface area contributed by atoms with E-state index in [-0.39, 0.29) is 5.56 Å². The number of nitrogens with zero attached hydrogens (tertiary/aromatic N) is 2. The summed E-state index contributed by atoms with van der Waals surface area (Å²) in [6.45, 7) is 2.87. The maximum absolute atomic E-state index is 12.1. The van der Waals surface area contributed by atoms with E-state index < -0.39 is 0 Å². The number of halogens is 1. The van der Waals surface area contributed by atoms with E-state index in [1.54, 1.807) is 18.2 Å². The van der Waals surface area contributed by atoms with Crippen LogP contribution in [0.15, 0.2) is 23.0 Å². The van der Waals surface area contributed by atoms with Crippen LogP contribution in [0.3, 0.4) is 0 Å². The van der Waals surface area contributed by atoms with Crippen LogP contribution in [0.25, 0.3) is 10.9 Å². The molecule has 1 N–H and O–H groups in total. The van der Waals surface area contributed by atoms with Gasteiger partial charge in [0.1, 0.15) is 5.82 Å². The number of aromatic amines is 1. The molecule has 3 rings (SSSR count). The van der Waals surface area contributed by atoms with Crippen molar-refractivity contribution in [3.05, 3.63) is 39.4 Å². The van der Waals surface area contributed by atoms with Gasteiger partial charge in [0.25, 0.3) is 5.56 Å². The highest BCUT2D eigenvalue weighted by molar-refractivity contribution is 6.31. The molecular formula is C15H18ClN3O. The fourth-order valence-electron chi connectivity index (χ4n) is 2.74.